The first kappa shape index (κ1) is 8.13. The third kappa shape index (κ3) is 1.15. The predicted octanol–water partition coefficient (Wildman–Crippen LogP) is 1.64. The van der Waals surface area contributed by atoms with Crippen molar-refractivity contribution in [3.63, 3.8) is 0 Å². The van der Waals surface area contributed by atoms with Crippen LogP contribution < -0.4 is 5.32 Å². The molecular formula is C11H17N. The molecule has 0 radical (unpaired) electrons. The highest BCUT2D eigenvalue weighted by molar-refractivity contribution is 5.26. The first-order chi connectivity index (χ1) is 5.83. The number of hydrogen-bond donors (Lipinski definition) is 1. The van der Waals surface area contributed by atoms with Crippen molar-refractivity contribution in [3.05, 3.63) is 0 Å². The molecule has 2 rings (SSSR count). The van der Waals surface area contributed by atoms with E-state index in [1.807, 2.05) is 7.05 Å². The fraction of sp³-hybridized carbons (Fsp3) is 0.818. The summed E-state index contributed by atoms with van der Waals surface area (Å²) in [4.78, 5) is 0. The van der Waals surface area contributed by atoms with Crippen LogP contribution in [0.3, 0.4) is 0 Å². The molecule has 3 unspecified atom stereocenters. The molecule has 0 heterocycles. The van der Waals surface area contributed by atoms with Gasteiger partial charge in [0.05, 0.1) is 0 Å². The van der Waals surface area contributed by atoms with Gasteiger partial charge in [0.2, 0.25) is 0 Å². The maximum absolute atomic E-state index is 3.32. The molecule has 66 valence electrons. The van der Waals surface area contributed by atoms with Gasteiger partial charge in [0.15, 0.2) is 0 Å². The maximum atomic E-state index is 3.32. The van der Waals surface area contributed by atoms with Gasteiger partial charge in [0.1, 0.15) is 0 Å². The minimum Gasteiger partial charge on any atom is -0.316 e. The standard InChI is InChI=1S/C11H17N/c1-8(12-2)10-6-7-11(10)9-4-3-5-9/h8-12H,3-5H2,1-2H3. The predicted molar refractivity (Wildman–Crippen MR) is 50.6 cm³/mol. The van der Waals surface area contributed by atoms with Crippen LogP contribution in [0.15, 0.2) is 0 Å². The molecular weight excluding hydrogens is 146 g/mol. The summed E-state index contributed by atoms with van der Waals surface area (Å²) in [5.41, 5.74) is 0. The fourth-order valence-corrected chi connectivity index (χ4v) is 2.10. The highest BCUT2D eigenvalue weighted by atomic mass is 14.9. The van der Waals surface area contributed by atoms with Crippen molar-refractivity contribution in [2.24, 2.45) is 17.8 Å². The lowest BCUT2D eigenvalue weighted by atomic mass is 9.65. The maximum Gasteiger partial charge on any atom is 0.0493 e. The van der Waals surface area contributed by atoms with Gasteiger partial charge >= 0.3 is 0 Å². The molecule has 0 aliphatic heterocycles. The first-order valence-electron chi connectivity index (χ1n) is 5.01. The second-order valence-electron chi connectivity index (χ2n) is 4.11. The zero-order chi connectivity index (χ0) is 8.55. The van der Waals surface area contributed by atoms with Crippen molar-refractivity contribution in [2.45, 2.75) is 32.2 Å². The zero-order valence-corrected chi connectivity index (χ0v) is 7.93. The van der Waals surface area contributed by atoms with Crippen molar-refractivity contribution in [1.82, 2.24) is 5.32 Å². The van der Waals surface area contributed by atoms with E-state index in [0.29, 0.717) is 12.0 Å². The monoisotopic (exact) mass is 163 g/mol. The van der Waals surface area contributed by atoms with Crippen LogP contribution in [0.1, 0.15) is 26.2 Å². The van der Waals surface area contributed by atoms with E-state index in [9.17, 15) is 0 Å². The van der Waals surface area contributed by atoms with E-state index in [-0.39, 0.29) is 0 Å². The second-order valence-corrected chi connectivity index (χ2v) is 4.11. The Labute approximate surface area is 74.9 Å². The van der Waals surface area contributed by atoms with Gasteiger partial charge in [-0.15, -0.1) is 0 Å². The van der Waals surface area contributed by atoms with E-state index in [0.717, 1.165) is 11.8 Å². The summed E-state index contributed by atoms with van der Waals surface area (Å²) in [5.74, 6) is 8.91. The fourth-order valence-electron chi connectivity index (χ4n) is 2.10. The Hall–Kier alpha value is -0.480. The van der Waals surface area contributed by atoms with Gasteiger partial charge in [0, 0.05) is 17.9 Å². The molecule has 0 bridgehead atoms. The van der Waals surface area contributed by atoms with Crippen LogP contribution in [0.2, 0.25) is 0 Å². The van der Waals surface area contributed by atoms with Crippen molar-refractivity contribution >= 4 is 0 Å². The topological polar surface area (TPSA) is 12.0 Å². The van der Waals surface area contributed by atoms with Crippen LogP contribution in [0, 0.1) is 29.6 Å². The highest BCUT2D eigenvalue weighted by Crippen LogP contribution is 2.40. The van der Waals surface area contributed by atoms with Gasteiger partial charge in [-0.05, 0) is 32.7 Å². The van der Waals surface area contributed by atoms with E-state index >= 15 is 0 Å². The van der Waals surface area contributed by atoms with Crippen LogP contribution in [-0.4, -0.2) is 13.1 Å². The minimum atomic E-state index is 0.580. The summed E-state index contributed by atoms with van der Waals surface area (Å²) < 4.78 is 0. The van der Waals surface area contributed by atoms with Crippen LogP contribution in [0.4, 0.5) is 0 Å². The van der Waals surface area contributed by atoms with E-state index in [2.05, 4.69) is 24.1 Å². The Morgan fingerprint density at radius 2 is 2.08 bits per heavy atom. The molecule has 0 amide bonds. The molecule has 1 fully saturated rings. The molecule has 12 heavy (non-hydrogen) atoms. The van der Waals surface area contributed by atoms with Crippen LogP contribution in [-0.2, 0) is 0 Å². The van der Waals surface area contributed by atoms with Gasteiger partial charge in [-0.2, -0.15) is 0 Å². The Bertz CT molecular complexity index is 204. The van der Waals surface area contributed by atoms with Crippen molar-refractivity contribution in [2.75, 3.05) is 7.05 Å². The second kappa shape index (κ2) is 3.11. The molecule has 2 aliphatic carbocycles. The van der Waals surface area contributed by atoms with E-state index in [4.69, 9.17) is 0 Å². The third-order valence-corrected chi connectivity index (χ3v) is 3.46. The Morgan fingerprint density at radius 1 is 1.33 bits per heavy atom. The lowest BCUT2D eigenvalue weighted by molar-refractivity contribution is 0.184. The minimum absolute atomic E-state index is 0.580. The summed E-state index contributed by atoms with van der Waals surface area (Å²) in [6.07, 6.45) is 4.28. The van der Waals surface area contributed by atoms with Gasteiger partial charge in [0.25, 0.3) is 0 Å². The number of nitrogens with one attached hydrogen (secondary N) is 1. The zero-order valence-electron chi connectivity index (χ0n) is 7.93. The average molecular weight is 163 g/mol. The number of rotatable bonds is 3. The Morgan fingerprint density at radius 3 is 2.42 bits per heavy atom. The van der Waals surface area contributed by atoms with Crippen molar-refractivity contribution < 1.29 is 0 Å². The molecule has 1 saturated carbocycles. The van der Waals surface area contributed by atoms with Crippen LogP contribution in [0.25, 0.3) is 0 Å². The van der Waals surface area contributed by atoms with Crippen molar-refractivity contribution in [1.29, 1.82) is 0 Å². The molecule has 1 N–H and O–H groups in total. The highest BCUT2D eigenvalue weighted by Gasteiger charge is 2.37. The quantitative estimate of drug-likeness (QED) is 0.624. The molecule has 0 aromatic carbocycles. The van der Waals surface area contributed by atoms with Gasteiger partial charge in [-0.1, -0.05) is 18.3 Å². The molecule has 0 aromatic heterocycles. The lowest BCUT2D eigenvalue weighted by Gasteiger charge is -2.39. The van der Waals surface area contributed by atoms with Gasteiger partial charge in [-0.25, -0.2) is 0 Å². The molecule has 3 atom stereocenters. The van der Waals surface area contributed by atoms with Gasteiger partial charge in [-0.3, -0.25) is 0 Å². The summed E-state index contributed by atoms with van der Waals surface area (Å²) >= 11 is 0. The first-order valence-corrected chi connectivity index (χ1v) is 5.01. The van der Waals surface area contributed by atoms with E-state index in [1.165, 1.54) is 19.3 Å². The van der Waals surface area contributed by atoms with Crippen LogP contribution >= 0.6 is 0 Å². The summed E-state index contributed by atoms with van der Waals surface area (Å²) in [6.45, 7) is 2.24. The normalized spacial score (nSPS) is 35.8. The smallest absolute Gasteiger partial charge is 0.0493 e. The Balaban J connectivity index is 1.91. The van der Waals surface area contributed by atoms with Crippen molar-refractivity contribution in [3.8, 4) is 11.8 Å². The molecule has 0 spiro atoms. The molecule has 0 aromatic rings. The largest absolute Gasteiger partial charge is 0.316 e. The molecule has 2 aliphatic rings. The molecule has 0 saturated heterocycles. The van der Waals surface area contributed by atoms with Gasteiger partial charge < -0.3 is 5.32 Å². The lowest BCUT2D eigenvalue weighted by Crippen LogP contribution is -2.42. The average Bonchev–Trinajstić information content (AvgIpc) is 1.93. The third-order valence-electron chi connectivity index (χ3n) is 3.46. The summed E-state index contributed by atoms with van der Waals surface area (Å²) in [5, 5.41) is 3.30. The summed E-state index contributed by atoms with van der Waals surface area (Å²) in [6, 6.07) is 0.580. The molecule has 1 heteroatoms. The summed E-state index contributed by atoms with van der Waals surface area (Å²) in [7, 11) is 2.03. The van der Waals surface area contributed by atoms with E-state index < -0.39 is 0 Å². The number of hydrogen-bond acceptors (Lipinski definition) is 1. The Kier molecular flexibility index (Phi) is 2.11. The van der Waals surface area contributed by atoms with E-state index in [1.54, 1.807) is 0 Å². The van der Waals surface area contributed by atoms with Crippen LogP contribution in [0.5, 0.6) is 0 Å². The molecule has 1 nitrogen and oxygen atoms in total. The SMILES string of the molecule is CNC(C)C1C#CC1C1CCC1.